The third-order valence-corrected chi connectivity index (χ3v) is 4.21. The maximum atomic E-state index is 12.9. The second kappa shape index (κ2) is 5.77. The molecule has 5 nitrogen and oxygen atoms in total. The molecule has 124 valence electrons. The molecule has 11 heteroatoms. The summed E-state index contributed by atoms with van der Waals surface area (Å²) in [6.07, 6.45) is -4.97. The number of hydrogen-bond donors (Lipinski definition) is 1. The average Bonchev–Trinajstić information content (AvgIpc) is 2.41. The first-order valence-corrected chi connectivity index (χ1v) is 6.96. The minimum Gasteiger partial charge on any atom is -0.335 e. The fourth-order valence-electron chi connectivity index (χ4n) is 1.99. The van der Waals surface area contributed by atoms with Crippen LogP contribution in [0, 0.1) is 6.92 Å². The minimum absolute atomic E-state index is 0.0261. The molecule has 0 saturated heterocycles. The summed E-state index contributed by atoms with van der Waals surface area (Å²) in [4.78, 5) is 24.3. The fraction of sp³-hybridized carbons (Fsp3) is 0.167. The molecule has 2 N–H and O–H groups in total. The summed E-state index contributed by atoms with van der Waals surface area (Å²) in [5.74, 6) is 5.22. The van der Waals surface area contributed by atoms with Crippen LogP contribution in [0.3, 0.4) is 0 Å². The van der Waals surface area contributed by atoms with E-state index in [0.29, 0.717) is 4.57 Å². The summed E-state index contributed by atoms with van der Waals surface area (Å²) in [6.45, 7) is 0.906. The van der Waals surface area contributed by atoms with Crippen LogP contribution >= 0.6 is 34.8 Å². The van der Waals surface area contributed by atoms with E-state index in [1.165, 1.54) is 0 Å². The Hall–Kier alpha value is -1.64. The zero-order chi connectivity index (χ0) is 17.7. The number of rotatable bonds is 1. The van der Waals surface area contributed by atoms with Crippen LogP contribution in [0.15, 0.2) is 21.7 Å². The van der Waals surface area contributed by atoms with Crippen LogP contribution in [-0.4, -0.2) is 9.24 Å². The Morgan fingerprint density at radius 1 is 1.09 bits per heavy atom. The molecule has 0 saturated carbocycles. The van der Waals surface area contributed by atoms with Crippen LogP contribution < -0.4 is 17.1 Å². The normalized spacial score (nSPS) is 11.8. The van der Waals surface area contributed by atoms with Gasteiger partial charge in [0.1, 0.15) is 0 Å². The van der Waals surface area contributed by atoms with E-state index in [-0.39, 0.29) is 25.4 Å². The number of halogens is 6. The first-order valence-electron chi connectivity index (χ1n) is 5.82. The maximum Gasteiger partial charge on any atom is 0.433 e. The second-order valence-corrected chi connectivity index (χ2v) is 5.68. The predicted octanol–water partition coefficient (Wildman–Crippen LogP) is 3.00. The molecule has 0 bridgehead atoms. The highest BCUT2D eigenvalue weighted by atomic mass is 35.5. The Morgan fingerprint density at radius 2 is 1.57 bits per heavy atom. The summed E-state index contributed by atoms with van der Waals surface area (Å²) < 4.78 is 39.1. The quantitative estimate of drug-likeness (QED) is 0.603. The molecule has 0 aliphatic carbocycles. The standard InChI is InChI=1S/C12H7Cl3F3N3O2/c1-4-9(12(16,17)18)21(19)11(23)20(10(4)22)5-2-6(13)8(15)7(14)3-5/h2-3H,19H2,1H3. The molecule has 0 atom stereocenters. The van der Waals surface area contributed by atoms with Gasteiger partial charge in [0.25, 0.3) is 5.56 Å². The number of nitrogen functional groups attached to an aromatic ring is 1. The lowest BCUT2D eigenvalue weighted by Gasteiger charge is -2.16. The predicted molar refractivity (Wildman–Crippen MR) is 81.2 cm³/mol. The molecular weight excluding hydrogens is 382 g/mol. The summed E-state index contributed by atoms with van der Waals surface area (Å²) in [5, 5.41) is -0.190. The van der Waals surface area contributed by atoms with Crippen LogP contribution in [0.25, 0.3) is 5.69 Å². The highest BCUT2D eigenvalue weighted by molar-refractivity contribution is 6.48. The van der Waals surface area contributed by atoms with Gasteiger partial charge in [-0.25, -0.2) is 14.0 Å². The van der Waals surface area contributed by atoms with Crippen molar-refractivity contribution in [2.75, 3.05) is 5.84 Å². The van der Waals surface area contributed by atoms with Crippen molar-refractivity contribution in [3.05, 3.63) is 59.3 Å². The lowest BCUT2D eigenvalue weighted by atomic mass is 10.2. The van der Waals surface area contributed by atoms with Crippen molar-refractivity contribution in [1.29, 1.82) is 0 Å². The molecule has 1 aromatic heterocycles. The van der Waals surface area contributed by atoms with Gasteiger partial charge >= 0.3 is 11.9 Å². The van der Waals surface area contributed by atoms with Crippen LogP contribution in [0.1, 0.15) is 11.3 Å². The zero-order valence-corrected chi connectivity index (χ0v) is 13.5. The van der Waals surface area contributed by atoms with Crippen LogP contribution in [0.4, 0.5) is 13.2 Å². The molecule has 0 radical (unpaired) electrons. The average molecular weight is 389 g/mol. The molecule has 0 fully saturated rings. The monoisotopic (exact) mass is 387 g/mol. The minimum atomic E-state index is -4.97. The largest absolute Gasteiger partial charge is 0.433 e. The Kier molecular flexibility index (Phi) is 4.44. The first-order chi connectivity index (χ1) is 10.5. The molecule has 2 aromatic rings. The Balaban J connectivity index is 2.92. The van der Waals surface area contributed by atoms with Crippen molar-refractivity contribution in [3.8, 4) is 5.69 Å². The summed E-state index contributed by atoms with van der Waals surface area (Å²) in [5.41, 5.74) is -5.03. The van der Waals surface area contributed by atoms with E-state index in [9.17, 15) is 22.8 Å². The molecule has 2 rings (SSSR count). The maximum absolute atomic E-state index is 12.9. The van der Waals surface area contributed by atoms with E-state index in [1.54, 1.807) is 0 Å². The van der Waals surface area contributed by atoms with Gasteiger partial charge in [-0.05, 0) is 19.1 Å². The van der Waals surface area contributed by atoms with Gasteiger partial charge in [-0.2, -0.15) is 13.2 Å². The molecule has 1 aromatic carbocycles. The van der Waals surface area contributed by atoms with Crippen molar-refractivity contribution in [1.82, 2.24) is 9.24 Å². The Morgan fingerprint density at radius 3 is 2.00 bits per heavy atom. The van der Waals surface area contributed by atoms with Gasteiger partial charge in [-0.3, -0.25) is 4.79 Å². The van der Waals surface area contributed by atoms with Crippen molar-refractivity contribution >= 4 is 34.8 Å². The van der Waals surface area contributed by atoms with E-state index in [2.05, 4.69) is 0 Å². The van der Waals surface area contributed by atoms with Gasteiger partial charge < -0.3 is 5.84 Å². The van der Waals surface area contributed by atoms with Gasteiger partial charge in [0.05, 0.1) is 20.8 Å². The summed E-state index contributed by atoms with van der Waals surface area (Å²) in [7, 11) is 0. The fourth-order valence-corrected chi connectivity index (χ4v) is 2.57. The third kappa shape index (κ3) is 2.93. The molecule has 0 amide bonds. The molecule has 23 heavy (non-hydrogen) atoms. The Bertz CT molecular complexity index is 858. The van der Waals surface area contributed by atoms with Gasteiger partial charge in [0.2, 0.25) is 0 Å². The lowest BCUT2D eigenvalue weighted by Crippen LogP contribution is -2.47. The highest BCUT2D eigenvalue weighted by Gasteiger charge is 2.38. The number of alkyl halides is 3. The van der Waals surface area contributed by atoms with Crippen molar-refractivity contribution in [2.24, 2.45) is 0 Å². The number of nitrogens with zero attached hydrogens (tertiary/aromatic N) is 2. The first kappa shape index (κ1) is 17.7. The molecular formula is C12H7Cl3F3N3O2. The molecule has 0 unspecified atom stereocenters. The van der Waals surface area contributed by atoms with Crippen LogP contribution in [0.5, 0.6) is 0 Å². The third-order valence-electron chi connectivity index (χ3n) is 3.01. The van der Waals surface area contributed by atoms with E-state index in [0.717, 1.165) is 19.1 Å². The number of benzene rings is 1. The second-order valence-electron chi connectivity index (χ2n) is 4.49. The number of hydrogen-bond acceptors (Lipinski definition) is 3. The zero-order valence-electron chi connectivity index (χ0n) is 11.2. The van der Waals surface area contributed by atoms with Crippen LogP contribution in [0.2, 0.25) is 15.1 Å². The number of aromatic nitrogens is 2. The SMILES string of the molecule is Cc1c(C(F)(F)F)n(N)c(=O)n(-c2cc(Cl)c(Cl)c(Cl)c2)c1=O. The molecule has 0 aliphatic heterocycles. The van der Waals surface area contributed by atoms with E-state index < -0.39 is 28.7 Å². The topological polar surface area (TPSA) is 70.0 Å². The van der Waals surface area contributed by atoms with Gasteiger partial charge in [-0.15, -0.1) is 0 Å². The van der Waals surface area contributed by atoms with E-state index >= 15 is 0 Å². The highest BCUT2D eigenvalue weighted by Crippen LogP contribution is 2.32. The molecule has 0 aliphatic rings. The Labute approximate surface area is 141 Å². The van der Waals surface area contributed by atoms with Crippen molar-refractivity contribution in [2.45, 2.75) is 13.1 Å². The lowest BCUT2D eigenvalue weighted by molar-refractivity contribution is -0.144. The summed E-state index contributed by atoms with van der Waals surface area (Å²) >= 11 is 17.4. The van der Waals surface area contributed by atoms with Gasteiger partial charge in [0, 0.05) is 5.56 Å². The van der Waals surface area contributed by atoms with Crippen molar-refractivity contribution in [3.63, 3.8) is 0 Å². The molecule has 1 heterocycles. The van der Waals surface area contributed by atoms with Gasteiger partial charge in [-0.1, -0.05) is 34.8 Å². The van der Waals surface area contributed by atoms with Crippen LogP contribution in [-0.2, 0) is 6.18 Å². The van der Waals surface area contributed by atoms with E-state index in [1.807, 2.05) is 0 Å². The molecule has 0 spiro atoms. The summed E-state index contributed by atoms with van der Waals surface area (Å²) in [6, 6.07) is 2.23. The van der Waals surface area contributed by atoms with Gasteiger partial charge in [0.15, 0.2) is 5.69 Å². The smallest absolute Gasteiger partial charge is 0.335 e. The number of nitrogens with two attached hydrogens (primary N) is 1. The van der Waals surface area contributed by atoms with Crippen molar-refractivity contribution < 1.29 is 13.2 Å². The van der Waals surface area contributed by atoms with E-state index in [4.69, 9.17) is 40.6 Å².